The van der Waals surface area contributed by atoms with Crippen LogP contribution >= 0.6 is 0 Å². The third-order valence-corrected chi connectivity index (χ3v) is 2.73. The number of aliphatic hydroxyl groups is 1. The average Bonchev–Trinajstić information content (AvgIpc) is 2.37. The quantitative estimate of drug-likeness (QED) is 0.793. The van der Waals surface area contributed by atoms with Crippen molar-refractivity contribution in [1.29, 1.82) is 0 Å². The summed E-state index contributed by atoms with van der Waals surface area (Å²) < 4.78 is 11.5. The molecule has 0 fully saturated rings. The van der Waals surface area contributed by atoms with E-state index in [2.05, 4.69) is 13.8 Å². The molecule has 1 N–H and O–H groups in total. The zero-order valence-corrected chi connectivity index (χ0v) is 10.9. The topological polar surface area (TPSA) is 38.7 Å². The van der Waals surface area contributed by atoms with Crippen LogP contribution in [0.3, 0.4) is 0 Å². The molecule has 0 aliphatic rings. The molecule has 1 aromatic rings. The molecule has 0 aromatic heterocycles. The largest absolute Gasteiger partial charge is 0.490 e. The van der Waals surface area contributed by atoms with E-state index in [4.69, 9.17) is 9.47 Å². The number of para-hydroxylation sites is 1. The van der Waals surface area contributed by atoms with Crippen molar-refractivity contribution in [1.82, 2.24) is 0 Å². The molecule has 3 nitrogen and oxygen atoms in total. The van der Waals surface area contributed by atoms with Gasteiger partial charge in [0.1, 0.15) is 0 Å². The Morgan fingerprint density at radius 3 is 2.41 bits per heavy atom. The Balaban J connectivity index is 2.99. The van der Waals surface area contributed by atoms with Crippen LogP contribution in [0.1, 0.15) is 39.2 Å². The van der Waals surface area contributed by atoms with Crippen molar-refractivity contribution in [2.24, 2.45) is 0 Å². The maximum atomic E-state index is 9.33. The van der Waals surface area contributed by atoms with Crippen LogP contribution in [0.25, 0.3) is 0 Å². The predicted octanol–water partition coefficient (Wildman–Crippen LogP) is 3.15. The third kappa shape index (κ3) is 3.63. The van der Waals surface area contributed by atoms with E-state index in [1.54, 1.807) is 0 Å². The lowest BCUT2D eigenvalue weighted by Gasteiger charge is -2.20. The molecule has 1 aromatic carbocycles. The van der Waals surface area contributed by atoms with Crippen molar-refractivity contribution >= 4 is 0 Å². The number of hydrogen-bond acceptors (Lipinski definition) is 3. The molecule has 0 unspecified atom stereocenters. The molecular formula is C14H22O3. The molecule has 0 radical (unpaired) electrons. The first-order chi connectivity index (χ1) is 8.26. The Kier molecular flexibility index (Phi) is 5.84. The van der Waals surface area contributed by atoms with Crippen LogP contribution in [-0.4, -0.2) is 17.8 Å². The van der Waals surface area contributed by atoms with E-state index in [1.807, 2.05) is 25.1 Å². The van der Waals surface area contributed by atoms with Crippen LogP contribution < -0.4 is 9.47 Å². The molecule has 96 valence electrons. The van der Waals surface area contributed by atoms with Gasteiger partial charge in [-0.3, -0.25) is 0 Å². The fraction of sp³-hybridized carbons (Fsp3) is 0.571. The van der Waals surface area contributed by atoms with Gasteiger partial charge in [-0.2, -0.15) is 0 Å². The lowest BCUT2D eigenvalue weighted by Crippen LogP contribution is -2.15. The molecule has 0 saturated carbocycles. The Morgan fingerprint density at radius 1 is 1.18 bits per heavy atom. The van der Waals surface area contributed by atoms with Gasteiger partial charge in [-0.1, -0.05) is 26.0 Å². The molecule has 0 aliphatic carbocycles. The molecule has 0 spiro atoms. The van der Waals surface area contributed by atoms with Crippen LogP contribution in [0.4, 0.5) is 0 Å². The highest BCUT2D eigenvalue weighted by Crippen LogP contribution is 2.33. The van der Waals surface area contributed by atoms with Crippen molar-refractivity contribution in [2.75, 3.05) is 6.61 Å². The van der Waals surface area contributed by atoms with Gasteiger partial charge in [0, 0.05) is 5.56 Å². The van der Waals surface area contributed by atoms with Crippen LogP contribution in [-0.2, 0) is 6.61 Å². The molecule has 0 heterocycles. The van der Waals surface area contributed by atoms with Crippen LogP contribution in [0, 0.1) is 0 Å². The van der Waals surface area contributed by atoms with Gasteiger partial charge < -0.3 is 14.6 Å². The second kappa shape index (κ2) is 7.17. The summed E-state index contributed by atoms with van der Waals surface area (Å²) in [7, 11) is 0. The van der Waals surface area contributed by atoms with Gasteiger partial charge in [-0.15, -0.1) is 0 Å². The van der Waals surface area contributed by atoms with Gasteiger partial charge in [-0.05, 0) is 25.8 Å². The molecule has 0 amide bonds. The van der Waals surface area contributed by atoms with E-state index in [9.17, 15) is 5.11 Å². The molecule has 3 heteroatoms. The summed E-state index contributed by atoms with van der Waals surface area (Å²) in [6, 6.07) is 5.61. The number of benzene rings is 1. The van der Waals surface area contributed by atoms with Crippen molar-refractivity contribution in [3.63, 3.8) is 0 Å². The smallest absolute Gasteiger partial charge is 0.167 e. The van der Waals surface area contributed by atoms with E-state index in [0.29, 0.717) is 18.1 Å². The van der Waals surface area contributed by atoms with Crippen LogP contribution in [0.2, 0.25) is 0 Å². The Bertz CT molecular complexity index is 332. The van der Waals surface area contributed by atoms with E-state index in [-0.39, 0.29) is 12.7 Å². The van der Waals surface area contributed by atoms with Gasteiger partial charge in [-0.25, -0.2) is 0 Å². The minimum Gasteiger partial charge on any atom is -0.490 e. The zero-order chi connectivity index (χ0) is 12.7. The van der Waals surface area contributed by atoms with E-state index in [0.717, 1.165) is 18.4 Å². The first kappa shape index (κ1) is 13.8. The molecule has 0 atom stereocenters. The monoisotopic (exact) mass is 238 g/mol. The van der Waals surface area contributed by atoms with Crippen molar-refractivity contribution in [3.8, 4) is 11.5 Å². The number of rotatable bonds is 7. The maximum Gasteiger partial charge on any atom is 0.167 e. The number of hydrogen-bond donors (Lipinski definition) is 1. The normalized spacial score (nSPS) is 10.6. The lowest BCUT2D eigenvalue weighted by atomic mass is 10.1. The molecule has 0 aliphatic heterocycles. The van der Waals surface area contributed by atoms with Gasteiger partial charge in [0.15, 0.2) is 11.5 Å². The summed E-state index contributed by atoms with van der Waals surface area (Å²) in [5, 5.41) is 9.33. The molecular weight excluding hydrogens is 216 g/mol. The Labute approximate surface area is 103 Å². The molecule has 17 heavy (non-hydrogen) atoms. The van der Waals surface area contributed by atoms with Gasteiger partial charge in [0.05, 0.1) is 19.3 Å². The van der Waals surface area contributed by atoms with Crippen molar-refractivity contribution in [2.45, 2.75) is 46.3 Å². The second-order valence-corrected chi connectivity index (χ2v) is 3.89. The van der Waals surface area contributed by atoms with Crippen molar-refractivity contribution < 1.29 is 14.6 Å². The summed E-state index contributed by atoms with van der Waals surface area (Å²) in [6.07, 6.45) is 2.06. The summed E-state index contributed by atoms with van der Waals surface area (Å²) >= 11 is 0. The summed E-state index contributed by atoms with van der Waals surface area (Å²) in [5.41, 5.74) is 0.780. The summed E-state index contributed by atoms with van der Waals surface area (Å²) in [5.74, 6) is 1.40. The first-order valence-electron chi connectivity index (χ1n) is 6.28. The average molecular weight is 238 g/mol. The van der Waals surface area contributed by atoms with Gasteiger partial charge in [0.2, 0.25) is 0 Å². The number of ether oxygens (including phenoxy) is 2. The van der Waals surface area contributed by atoms with E-state index >= 15 is 0 Å². The Morgan fingerprint density at radius 2 is 1.88 bits per heavy atom. The van der Waals surface area contributed by atoms with Gasteiger partial charge >= 0.3 is 0 Å². The highest BCUT2D eigenvalue weighted by Gasteiger charge is 2.14. The van der Waals surface area contributed by atoms with E-state index in [1.165, 1.54) is 0 Å². The summed E-state index contributed by atoms with van der Waals surface area (Å²) in [6.45, 7) is 6.68. The standard InChI is InChI=1S/C14H22O3/c1-4-12(5-2)17-14-11(10-15)8-7-9-13(14)16-6-3/h7-9,12,15H,4-6,10H2,1-3H3. The van der Waals surface area contributed by atoms with Crippen LogP contribution in [0.5, 0.6) is 11.5 Å². The predicted molar refractivity (Wildman–Crippen MR) is 68.5 cm³/mol. The number of aliphatic hydroxyl groups excluding tert-OH is 1. The van der Waals surface area contributed by atoms with E-state index < -0.39 is 0 Å². The minimum atomic E-state index is -0.0314. The molecule has 0 saturated heterocycles. The third-order valence-electron chi connectivity index (χ3n) is 2.73. The fourth-order valence-electron chi connectivity index (χ4n) is 1.71. The molecule has 1 rings (SSSR count). The highest BCUT2D eigenvalue weighted by molar-refractivity contribution is 5.46. The van der Waals surface area contributed by atoms with Crippen LogP contribution in [0.15, 0.2) is 18.2 Å². The lowest BCUT2D eigenvalue weighted by molar-refractivity contribution is 0.174. The zero-order valence-electron chi connectivity index (χ0n) is 10.9. The summed E-state index contributed by atoms with van der Waals surface area (Å²) in [4.78, 5) is 0. The molecule has 0 bridgehead atoms. The first-order valence-corrected chi connectivity index (χ1v) is 6.28. The Hall–Kier alpha value is -1.22. The minimum absolute atomic E-state index is 0.0314. The second-order valence-electron chi connectivity index (χ2n) is 3.89. The fourth-order valence-corrected chi connectivity index (χ4v) is 1.71. The SMILES string of the molecule is CCOc1cccc(CO)c1OC(CC)CC. The highest BCUT2D eigenvalue weighted by atomic mass is 16.5. The van der Waals surface area contributed by atoms with Crippen molar-refractivity contribution in [3.05, 3.63) is 23.8 Å². The maximum absolute atomic E-state index is 9.33. The van der Waals surface area contributed by atoms with Gasteiger partial charge in [0.25, 0.3) is 0 Å².